The summed E-state index contributed by atoms with van der Waals surface area (Å²) in [6.07, 6.45) is -3.02. The molecule has 30 heavy (non-hydrogen) atoms. The molecule has 0 bridgehead atoms. The molecule has 1 heterocycles. The summed E-state index contributed by atoms with van der Waals surface area (Å²) in [6.45, 7) is 2.52. The molecule has 1 aliphatic heterocycles. The molecule has 5 nitrogen and oxygen atoms in total. The molecule has 0 N–H and O–H groups in total. The maximum atomic E-state index is 13.2. The lowest BCUT2D eigenvalue weighted by atomic mass is 9.99. The van der Waals surface area contributed by atoms with E-state index in [1.807, 2.05) is 0 Å². The summed E-state index contributed by atoms with van der Waals surface area (Å²) >= 11 is 0. The highest BCUT2D eigenvalue weighted by atomic mass is 32.2. The van der Waals surface area contributed by atoms with Crippen molar-refractivity contribution >= 4 is 21.6 Å². The molecule has 2 aromatic carbocycles. The van der Waals surface area contributed by atoms with E-state index in [1.54, 1.807) is 11.0 Å². The Kier molecular flexibility index (Phi) is 6.40. The number of hydrogen-bond donors (Lipinski definition) is 0. The Morgan fingerprint density at radius 2 is 1.70 bits per heavy atom. The molecule has 0 saturated carbocycles. The number of nitrogens with zero attached hydrogens (tertiary/aromatic N) is 2. The summed E-state index contributed by atoms with van der Waals surface area (Å²) in [5.41, 5.74) is -1.18. The Labute approximate surface area is 174 Å². The fourth-order valence-electron chi connectivity index (χ4n) is 3.35. The number of carbonyl (C=O) groups is 1. The zero-order valence-electron chi connectivity index (χ0n) is 16.5. The van der Waals surface area contributed by atoms with Gasteiger partial charge < -0.3 is 4.90 Å². The molecule has 0 radical (unpaired) electrons. The van der Waals surface area contributed by atoms with Gasteiger partial charge in [0.05, 0.1) is 16.1 Å². The first-order valence-electron chi connectivity index (χ1n) is 9.62. The second kappa shape index (κ2) is 8.67. The van der Waals surface area contributed by atoms with E-state index in [9.17, 15) is 26.4 Å². The van der Waals surface area contributed by atoms with Crippen molar-refractivity contribution in [1.82, 2.24) is 4.90 Å². The zero-order chi connectivity index (χ0) is 21.9. The quantitative estimate of drug-likeness (QED) is 0.702. The van der Waals surface area contributed by atoms with Gasteiger partial charge in [0.2, 0.25) is 5.91 Å². The average molecular weight is 440 g/mol. The topological polar surface area (TPSA) is 57.7 Å². The largest absolute Gasteiger partial charge is 0.416 e. The number of rotatable bonds is 5. The Hall–Kier alpha value is -2.55. The number of halogens is 3. The summed E-state index contributed by atoms with van der Waals surface area (Å²) in [4.78, 5) is 14.3. The normalized spacial score (nSPS) is 15.8. The first-order chi connectivity index (χ1) is 14.1. The van der Waals surface area contributed by atoms with Gasteiger partial charge in [-0.15, -0.1) is 0 Å². The number of amides is 1. The van der Waals surface area contributed by atoms with Crippen molar-refractivity contribution in [1.29, 1.82) is 0 Å². The van der Waals surface area contributed by atoms with E-state index in [0.29, 0.717) is 19.0 Å². The maximum absolute atomic E-state index is 13.2. The van der Waals surface area contributed by atoms with Crippen LogP contribution in [0.3, 0.4) is 0 Å². The van der Waals surface area contributed by atoms with Crippen molar-refractivity contribution in [3.8, 4) is 0 Å². The third-order valence-corrected chi connectivity index (χ3v) is 7.00. The highest BCUT2D eigenvalue weighted by Crippen LogP contribution is 2.33. The molecule has 0 aromatic heterocycles. The van der Waals surface area contributed by atoms with Crippen LogP contribution >= 0.6 is 0 Å². The second-order valence-electron chi connectivity index (χ2n) is 7.44. The number of sulfonamides is 1. The SMILES string of the molecule is CC1CCN(C(=O)CN(c2cccc(C(F)(F)F)c2)S(=O)(=O)c2ccccc2)CC1. The Balaban J connectivity index is 1.98. The van der Waals surface area contributed by atoms with Gasteiger partial charge in [0, 0.05) is 13.1 Å². The van der Waals surface area contributed by atoms with Gasteiger partial charge in [-0.1, -0.05) is 31.2 Å². The van der Waals surface area contributed by atoms with Crippen molar-refractivity contribution in [2.45, 2.75) is 30.8 Å². The minimum absolute atomic E-state index is 0.0949. The summed E-state index contributed by atoms with van der Waals surface area (Å²) in [5.74, 6) is 0.0421. The Morgan fingerprint density at radius 1 is 1.07 bits per heavy atom. The first-order valence-corrected chi connectivity index (χ1v) is 11.1. The van der Waals surface area contributed by atoms with E-state index in [1.165, 1.54) is 30.3 Å². The lowest BCUT2D eigenvalue weighted by Crippen LogP contribution is -2.45. The van der Waals surface area contributed by atoms with E-state index in [2.05, 4.69) is 6.92 Å². The van der Waals surface area contributed by atoms with Crippen molar-refractivity contribution in [3.05, 3.63) is 60.2 Å². The van der Waals surface area contributed by atoms with Gasteiger partial charge in [-0.25, -0.2) is 8.42 Å². The fourth-order valence-corrected chi connectivity index (χ4v) is 4.78. The van der Waals surface area contributed by atoms with E-state index in [-0.39, 0.29) is 10.6 Å². The Morgan fingerprint density at radius 3 is 2.30 bits per heavy atom. The average Bonchev–Trinajstić information content (AvgIpc) is 2.72. The van der Waals surface area contributed by atoms with Gasteiger partial charge in [0.15, 0.2) is 0 Å². The van der Waals surface area contributed by atoms with Crippen LogP contribution in [0.5, 0.6) is 0 Å². The molecule has 1 saturated heterocycles. The first kappa shape index (κ1) is 22.1. The van der Waals surface area contributed by atoms with Gasteiger partial charge in [0.25, 0.3) is 10.0 Å². The van der Waals surface area contributed by atoms with Crippen LogP contribution < -0.4 is 4.31 Å². The van der Waals surface area contributed by atoms with Crippen LogP contribution in [0.15, 0.2) is 59.5 Å². The molecule has 0 atom stereocenters. The molecular weight excluding hydrogens is 417 g/mol. The molecule has 3 rings (SSSR count). The highest BCUT2D eigenvalue weighted by Gasteiger charge is 2.34. The van der Waals surface area contributed by atoms with Gasteiger partial charge in [-0.2, -0.15) is 13.2 Å². The van der Waals surface area contributed by atoms with Crippen LogP contribution in [0.25, 0.3) is 0 Å². The molecule has 1 amide bonds. The van der Waals surface area contributed by atoms with Crippen molar-refractivity contribution in [3.63, 3.8) is 0 Å². The number of likely N-dealkylation sites (tertiary alicyclic amines) is 1. The van der Waals surface area contributed by atoms with Crippen molar-refractivity contribution < 1.29 is 26.4 Å². The lowest BCUT2D eigenvalue weighted by molar-refractivity contribution is -0.137. The number of anilines is 1. The van der Waals surface area contributed by atoms with Crippen molar-refractivity contribution in [2.75, 3.05) is 23.9 Å². The highest BCUT2D eigenvalue weighted by molar-refractivity contribution is 7.92. The molecule has 2 aromatic rings. The molecule has 9 heteroatoms. The van der Waals surface area contributed by atoms with Crippen LogP contribution in [0.4, 0.5) is 18.9 Å². The monoisotopic (exact) mass is 440 g/mol. The van der Waals surface area contributed by atoms with Crippen LogP contribution in [0.2, 0.25) is 0 Å². The third-order valence-electron chi connectivity index (χ3n) is 5.21. The zero-order valence-corrected chi connectivity index (χ0v) is 17.3. The van der Waals surface area contributed by atoms with Crippen LogP contribution in [0.1, 0.15) is 25.3 Å². The molecule has 0 unspecified atom stereocenters. The fraction of sp³-hybridized carbons (Fsp3) is 0.381. The predicted octanol–water partition coefficient (Wildman–Crippen LogP) is 4.16. The summed E-state index contributed by atoms with van der Waals surface area (Å²) in [6, 6.07) is 11.4. The predicted molar refractivity (Wildman–Crippen MR) is 107 cm³/mol. The lowest BCUT2D eigenvalue weighted by Gasteiger charge is -2.33. The summed E-state index contributed by atoms with van der Waals surface area (Å²) < 4.78 is 66.8. The second-order valence-corrected chi connectivity index (χ2v) is 9.30. The number of piperidine rings is 1. The Bertz CT molecular complexity index is 986. The smallest absolute Gasteiger partial charge is 0.341 e. The number of carbonyl (C=O) groups excluding carboxylic acids is 1. The molecular formula is C21H23F3N2O3S. The molecule has 162 valence electrons. The van der Waals surface area contributed by atoms with Gasteiger partial charge >= 0.3 is 6.18 Å². The third kappa shape index (κ3) is 4.95. The van der Waals surface area contributed by atoms with Gasteiger partial charge in [-0.05, 0) is 49.1 Å². The molecule has 1 aliphatic rings. The van der Waals surface area contributed by atoms with Crippen LogP contribution in [-0.4, -0.2) is 38.9 Å². The van der Waals surface area contributed by atoms with E-state index in [0.717, 1.165) is 35.3 Å². The standard InChI is InChI=1S/C21H23F3N2O3S/c1-16-10-12-25(13-11-16)20(27)15-26(30(28,29)19-8-3-2-4-9-19)18-7-5-6-17(14-18)21(22,23)24/h2-9,14,16H,10-13,15H2,1H3. The summed E-state index contributed by atoms with van der Waals surface area (Å²) in [5, 5.41) is 0. The number of hydrogen-bond acceptors (Lipinski definition) is 3. The molecule has 0 spiro atoms. The van der Waals surface area contributed by atoms with Gasteiger partial charge in [0.1, 0.15) is 6.54 Å². The van der Waals surface area contributed by atoms with Crippen molar-refractivity contribution in [2.24, 2.45) is 5.92 Å². The number of alkyl halides is 3. The minimum atomic E-state index is -4.63. The van der Waals surface area contributed by atoms with Crippen LogP contribution in [-0.2, 0) is 21.0 Å². The minimum Gasteiger partial charge on any atom is -0.341 e. The molecule has 1 fully saturated rings. The maximum Gasteiger partial charge on any atom is 0.416 e. The van der Waals surface area contributed by atoms with E-state index >= 15 is 0 Å². The van der Waals surface area contributed by atoms with E-state index in [4.69, 9.17) is 0 Å². The molecule has 0 aliphatic carbocycles. The van der Waals surface area contributed by atoms with Gasteiger partial charge in [-0.3, -0.25) is 9.10 Å². The van der Waals surface area contributed by atoms with Crippen LogP contribution in [0, 0.1) is 5.92 Å². The van der Waals surface area contributed by atoms with E-state index < -0.39 is 34.2 Å². The summed E-state index contributed by atoms with van der Waals surface area (Å²) in [7, 11) is -4.24. The number of benzene rings is 2.